The first-order valence-corrected chi connectivity index (χ1v) is 11.8. The molecular weight excluding hydrogens is 493 g/mol. The maximum absolute atomic E-state index is 13.8. The van der Waals surface area contributed by atoms with Crippen LogP contribution in [-0.2, 0) is 16.1 Å². The summed E-state index contributed by atoms with van der Waals surface area (Å²) in [6.45, 7) is 3.67. The number of benzene rings is 2. The molecule has 2 heterocycles. The maximum atomic E-state index is 13.8. The van der Waals surface area contributed by atoms with E-state index in [1.807, 2.05) is 31.2 Å². The number of esters is 1. The zero-order valence-electron chi connectivity index (χ0n) is 21.1. The summed E-state index contributed by atoms with van der Waals surface area (Å²) < 4.78 is 26.3. The SMILES string of the molecule is COC(=O)C[C@@H](C)n1c(=O)[nH]/c(=N\c2ccc(Oc3ncccc3F)cc2)n(Cc2ccc(C)cc2)c1=O. The molecule has 4 aromatic rings. The number of aryl methyl sites for hydroxylation is 1. The predicted octanol–water partition coefficient (Wildman–Crippen LogP) is 3.38. The minimum Gasteiger partial charge on any atom is -0.469 e. The van der Waals surface area contributed by atoms with Crippen molar-refractivity contribution in [1.29, 1.82) is 0 Å². The van der Waals surface area contributed by atoms with Gasteiger partial charge in [-0.2, -0.15) is 0 Å². The fraction of sp³-hybridized carbons (Fsp3) is 0.222. The summed E-state index contributed by atoms with van der Waals surface area (Å²) in [5.41, 5.74) is 0.959. The number of hydrogen-bond donors (Lipinski definition) is 1. The number of pyridine rings is 1. The number of rotatable bonds is 8. The van der Waals surface area contributed by atoms with E-state index in [-0.39, 0.29) is 24.5 Å². The van der Waals surface area contributed by atoms with Gasteiger partial charge in [-0.3, -0.25) is 14.3 Å². The van der Waals surface area contributed by atoms with E-state index in [2.05, 4.69) is 19.7 Å². The molecule has 1 atom stereocenters. The van der Waals surface area contributed by atoms with Crippen molar-refractivity contribution >= 4 is 11.7 Å². The molecule has 11 heteroatoms. The first kappa shape index (κ1) is 26.3. The summed E-state index contributed by atoms with van der Waals surface area (Å²) in [5, 5.41) is 0. The molecule has 196 valence electrons. The van der Waals surface area contributed by atoms with Crippen LogP contribution in [0.2, 0.25) is 0 Å². The Morgan fingerprint density at radius 1 is 1.11 bits per heavy atom. The fourth-order valence-corrected chi connectivity index (χ4v) is 3.71. The smallest absolute Gasteiger partial charge is 0.335 e. The monoisotopic (exact) mass is 519 g/mol. The third-order valence-corrected chi connectivity index (χ3v) is 5.73. The van der Waals surface area contributed by atoms with Crippen molar-refractivity contribution in [3.8, 4) is 11.6 Å². The zero-order chi connectivity index (χ0) is 27.2. The summed E-state index contributed by atoms with van der Waals surface area (Å²) in [6, 6.07) is 15.9. The number of aromatic nitrogens is 4. The molecule has 0 unspecified atom stereocenters. The van der Waals surface area contributed by atoms with E-state index in [0.29, 0.717) is 11.4 Å². The van der Waals surface area contributed by atoms with Crippen LogP contribution in [0.15, 0.2) is 81.4 Å². The largest absolute Gasteiger partial charge is 0.469 e. The number of hydrogen-bond acceptors (Lipinski definition) is 7. The van der Waals surface area contributed by atoms with Crippen molar-refractivity contribution in [3.63, 3.8) is 0 Å². The van der Waals surface area contributed by atoms with Gasteiger partial charge >= 0.3 is 17.3 Å². The van der Waals surface area contributed by atoms with Gasteiger partial charge in [0, 0.05) is 6.20 Å². The molecule has 2 aromatic heterocycles. The van der Waals surface area contributed by atoms with Crippen LogP contribution in [0.4, 0.5) is 10.1 Å². The Bertz CT molecular complexity index is 1620. The van der Waals surface area contributed by atoms with E-state index in [0.717, 1.165) is 15.7 Å². The summed E-state index contributed by atoms with van der Waals surface area (Å²) in [7, 11) is 1.24. The molecule has 0 radical (unpaired) electrons. The molecule has 10 nitrogen and oxygen atoms in total. The van der Waals surface area contributed by atoms with E-state index in [1.54, 1.807) is 31.2 Å². The maximum Gasteiger partial charge on any atom is 0.335 e. The van der Waals surface area contributed by atoms with Crippen LogP contribution in [0.25, 0.3) is 0 Å². The highest BCUT2D eigenvalue weighted by molar-refractivity contribution is 5.69. The number of ether oxygens (including phenoxy) is 2. The van der Waals surface area contributed by atoms with Crippen LogP contribution < -0.4 is 21.7 Å². The number of H-pyrrole nitrogens is 1. The van der Waals surface area contributed by atoms with E-state index < -0.39 is 29.2 Å². The molecule has 2 aromatic carbocycles. The summed E-state index contributed by atoms with van der Waals surface area (Å²) in [4.78, 5) is 49.2. The number of methoxy groups -OCH3 is 1. The Hall–Kier alpha value is -4.80. The van der Waals surface area contributed by atoms with Crippen molar-refractivity contribution in [2.45, 2.75) is 32.9 Å². The molecule has 0 saturated heterocycles. The van der Waals surface area contributed by atoms with Crippen molar-refractivity contribution in [2.24, 2.45) is 4.99 Å². The molecule has 1 N–H and O–H groups in total. The van der Waals surface area contributed by atoms with Crippen LogP contribution in [0.1, 0.15) is 30.5 Å². The second-order valence-electron chi connectivity index (χ2n) is 8.61. The number of carbonyl (C=O) groups is 1. The van der Waals surface area contributed by atoms with Crippen molar-refractivity contribution < 1.29 is 18.7 Å². The van der Waals surface area contributed by atoms with Crippen molar-refractivity contribution in [2.75, 3.05) is 7.11 Å². The van der Waals surface area contributed by atoms with Gasteiger partial charge in [0.1, 0.15) is 5.75 Å². The Labute approximate surface area is 216 Å². The lowest BCUT2D eigenvalue weighted by Crippen LogP contribution is -2.51. The standard InChI is InChI=1S/C27H26FN5O5/c1-17-6-8-19(9-7-17)16-32-25(31-26(35)33(27(32)36)18(2)15-23(34)37-3)30-20-10-12-21(13-11-20)38-24-22(28)5-4-14-29-24/h4-14,18H,15-16H2,1-3H3,(H,30,31,35)/t18-/m1/s1. The van der Waals surface area contributed by atoms with Gasteiger partial charge in [0.05, 0.1) is 31.8 Å². The second-order valence-corrected chi connectivity index (χ2v) is 8.61. The number of nitrogens with zero attached hydrogens (tertiary/aromatic N) is 4. The fourth-order valence-electron chi connectivity index (χ4n) is 3.71. The lowest BCUT2D eigenvalue weighted by Gasteiger charge is -2.16. The molecule has 0 fully saturated rings. The summed E-state index contributed by atoms with van der Waals surface area (Å²) >= 11 is 0. The Morgan fingerprint density at radius 3 is 2.47 bits per heavy atom. The minimum atomic E-state index is -0.750. The Morgan fingerprint density at radius 2 is 1.82 bits per heavy atom. The van der Waals surface area contributed by atoms with Crippen LogP contribution in [-0.4, -0.2) is 32.2 Å². The quantitative estimate of drug-likeness (QED) is 0.357. The number of carbonyl (C=O) groups excluding carboxylic acids is 1. The normalized spacial score (nSPS) is 12.3. The molecule has 0 aliphatic heterocycles. The van der Waals surface area contributed by atoms with Gasteiger partial charge in [-0.05, 0) is 55.8 Å². The molecule has 4 rings (SSSR count). The minimum absolute atomic E-state index is 0.0199. The van der Waals surface area contributed by atoms with Gasteiger partial charge in [-0.1, -0.05) is 29.8 Å². The topological polar surface area (TPSA) is 121 Å². The molecule has 0 amide bonds. The van der Waals surface area contributed by atoms with Gasteiger partial charge in [-0.15, -0.1) is 0 Å². The Kier molecular flexibility index (Phi) is 7.95. The first-order valence-electron chi connectivity index (χ1n) is 11.8. The average molecular weight is 520 g/mol. The van der Waals surface area contributed by atoms with Crippen LogP contribution in [0.3, 0.4) is 0 Å². The van der Waals surface area contributed by atoms with Gasteiger partial charge in [0.2, 0.25) is 5.62 Å². The third-order valence-electron chi connectivity index (χ3n) is 5.73. The van der Waals surface area contributed by atoms with Gasteiger partial charge in [-0.25, -0.2) is 28.5 Å². The van der Waals surface area contributed by atoms with Gasteiger partial charge in [0.25, 0.3) is 5.88 Å². The zero-order valence-corrected chi connectivity index (χ0v) is 21.1. The predicted molar refractivity (Wildman–Crippen MR) is 137 cm³/mol. The van der Waals surface area contributed by atoms with Gasteiger partial charge < -0.3 is 9.47 Å². The van der Waals surface area contributed by atoms with Crippen LogP contribution in [0, 0.1) is 12.7 Å². The molecule has 38 heavy (non-hydrogen) atoms. The molecule has 0 aliphatic rings. The summed E-state index contributed by atoms with van der Waals surface area (Å²) in [5.74, 6) is -0.981. The van der Waals surface area contributed by atoms with E-state index in [4.69, 9.17) is 4.74 Å². The van der Waals surface area contributed by atoms with E-state index in [1.165, 1.54) is 30.0 Å². The highest BCUT2D eigenvalue weighted by atomic mass is 19.1. The van der Waals surface area contributed by atoms with E-state index >= 15 is 0 Å². The molecule has 0 bridgehead atoms. The van der Waals surface area contributed by atoms with Gasteiger partial charge in [0.15, 0.2) is 5.82 Å². The van der Waals surface area contributed by atoms with Crippen molar-refractivity contribution in [3.05, 3.63) is 110 Å². The molecule has 0 spiro atoms. The van der Waals surface area contributed by atoms with Crippen molar-refractivity contribution in [1.82, 2.24) is 19.1 Å². The summed E-state index contributed by atoms with van der Waals surface area (Å²) in [6.07, 6.45) is 1.26. The van der Waals surface area contributed by atoms with Crippen LogP contribution >= 0.6 is 0 Å². The molecule has 0 saturated carbocycles. The second kappa shape index (κ2) is 11.5. The van der Waals surface area contributed by atoms with Crippen LogP contribution in [0.5, 0.6) is 11.6 Å². The van der Waals surface area contributed by atoms with E-state index in [9.17, 15) is 18.8 Å². The number of aromatic amines is 1. The lowest BCUT2D eigenvalue weighted by atomic mass is 10.1. The average Bonchev–Trinajstić information content (AvgIpc) is 2.89. The highest BCUT2D eigenvalue weighted by Crippen LogP contribution is 2.24. The lowest BCUT2D eigenvalue weighted by molar-refractivity contribution is -0.141. The first-order chi connectivity index (χ1) is 18.2. The number of nitrogens with one attached hydrogen (secondary N) is 1. The molecular formula is C27H26FN5O5. The highest BCUT2D eigenvalue weighted by Gasteiger charge is 2.18. The Balaban J connectivity index is 1.75. The number of halogens is 1. The third kappa shape index (κ3) is 6.12. The molecule has 0 aliphatic carbocycles.